The summed E-state index contributed by atoms with van der Waals surface area (Å²) in [7, 11) is 0. The molecule has 0 saturated carbocycles. The van der Waals surface area contributed by atoms with Gasteiger partial charge in [0.25, 0.3) is 0 Å². The van der Waals surface area contributed by atoms with Crippen LogP contribution in [0.4, 0.5) is 13.2 Å². The molecule has 1 atom stereocenters. The van der Waals surface area contributed by atoms with Crippen LogP contribution >= 0.6 is 0 Å². The molecule has 0 aliphatic rings. The number of rotatable bonds is 9. The largest absolute Gasteiger partial charge is 0.491 e. The molecule has 8 heteroatoms. The quantitative estimate of drug-likeness (QED) is 0.493. The van der Waals surface area contributed by atoms with Crippen LogP contribution in [0.15, 0.2) is 72.8 Å². The fourth-order valence-electron chi connectivity index (χ4n) is 2.95. The highest BCUT2D eigenvalue weighted by Crippen LogP contribution is 2.30. The number of benzene rings is 3. The fraction of sp³-hybridized carbons (Fsp3) is 0.208. The number of aliphatic hydroxyl groups excluding tert-OH is 1. The van der Waals surface area contributed by atoms with E-state index in [9.17, 15) is 23.1 Å². The van der Waals surface area contributed by atoms with E-state index in [1.54, 1.807) is 24.3 Å². The van der Waals surface area contributed by atoms with Crippen LogP contribution in [0.1, 0.15) is 11.1 Å². The monoisotopic (exact) mass is 446 g/mol. The summed E-state index contributed by atoms with van der Waals surface area (Å²) in [5, 5.41) is 18.9. The molecule has 0 radical (unpaired) electrons. The zero-order valence-corrected chi connectivity index (χ0v) is 16.9. The molecular formula is C24H21F3O5. The Morgan fingerprint density at radius 2 is 1.41 bits per heavy atom. The van der Waals surface area contributed by atoms with E-state index in [4.69, 9.17) is 14.6 Å². The number of halogens is 3. The standard InChI is InChI=1S/C24H21F3O5/c25-24(26,27)19-6-10-22(11-7-19)32-15-20(28)14-31-21-8-4-17(5-9-21)18-3-1-2-16(12-18)13-23(29)30/h1-12,20,28H,13-15H2,(H,29,30). The van der Waals surface area contributed by atoms with Crippen molar-refractivity contribution in [3.05, 3.63) is 83.9 Å². The molecule has 0 amide bonds. The minimum absolute atomic E-state index is 0.0541. The third-order valence-corrected chi connectivity index (χ3v) is 4.54. The van der Waals surface area contributed by atoms with Crippen LogP contribution in [-0.2, 0) is 17.4 Å². The van der Waals surface area contributed by atoms with Crippen molar-refractivity contribution in [3.63, 3.8) is 0 Å². The zero-order chi connectivity index (χ0) is 23.1. The van der Waals surface area contributed by atoms with Crippen LogP contribution in [0.25, 0.3) is 11.1 Å². The molecule has 168 valence electrons. The number of hydrogen-bond acceptors (Lipinski definition) is 4. The lowest BCUT2D eigenvalue weighted by Gasteiger charge is -2.14. The summed E-state index contributed by atoms with van der Waals surface area (Å²) in [5.74, 6) is -0.165. The lowest BCUT2D eigenvalue weighted by atomic mass is 10.0. The van der Waals surface area contributed by atoms with Gasteiger partial charge in [0.2, 0.25) is 0 Å². The highest BCUT2D eigenvalue weighted by molar-refractivity contribution is 5.72. The first-order valence-corrected chi connectivity index (χ1v) is 9.73. The minimum atomic E-state index is -4.41. The Morgan fingerprint density at radius 1 is 0.844 bits per heavy atom. The average molecular weight is 446 g/mol. The van der Waals surface area contributed by atoms with Crippen molar-refractivity contribution in [3.8, 4) is 22.6 Å². The maximum atomic E-state index is 12.6. The average Bonchev–Trinajstić information content (AvgIpc) is 2.76. The number of carboxylic acid groups (broad SMARTS) is 1. The van der Waals surface area contributed by atoms with Gasteiger partial charge in [0.05, 0.1) is 12.0 Å². The molecule has 5 nitrogen and oxygen atoms in total. The van der Waals surface area contributed by atoms with Gasteiger partial charge in [-0.2, -0.15) is 13.2 Å². The van der Waals surface area contributed by atoms with Crippen molar-refractivity contribution in [1.29, 1.82) is 0 Å². The predicted octanol–water partition coefficient (Wildman–Crippen LogP) is 4.82. The van der Waals surface area contributed by atoms with Gasteiger partial charge in [0.1, 0.15) is 30.8 Å². The summed E-state index contributed by atoms with van der Waals surface area (Å²) in [6.45, 7) is -0.201. The van der Waals surface area contributed by atoms with Crippen molar-refractivity contribution in [1.82, 2.24) is 0 Å². The molecule has 3 rings (SSSR count). The molecule has 1 unspecified atom stereocenters. The smallest absolute Gasteiger partial charge is 0.416 e. The van der Waals surface area contributed by atoms with E-state index >= 15 is 0 Å². The molecule has 0 aliphatic carbocycles. The van der Waals surface area contributed by atoms with E-state index in [1.165, 1.54) is 12.1 Å². The second kappa shape index (κ2) is 10.2. The summed E-state index contributed by atoms with van der Waals surface area (Å²) in [6.07, 6.45) is -5.45. The fourth-order valence-corrected chi connectivity index (χ4v) is 2.95. The Labute approximate surface area is 182 Å². The summed E-state index contributed by atoms with van der Waals surface area (Å²) in [5.41, 5.74) is 1.69. The van der Waals surface area contributed by atoms with E-state index in [0.717, 1.165) is 23.3 Å². The van der Waals surface area contributed by atoms with Crippen molar-refractivity contribution >= 4 is 5.97 Å². The van der Waals surface area contributed by atoms with E-state index in [2.05, 4.69) is 0 Å². The van der Waals surface area contributed by atoms with Crippen molar-refractivity contribution < 1.29 is 37.7 Å². The lowest BCUT2D eigenvalue weighted by Crippen LogP contribution is -2.25. The number of hydrogen-bond donors (Lipinski definition) is 2. The molecule has 0 heterocycles. The Bertz CT molecular complexity index is 1030. The number of carboxylic acids is 1. The van der Waals surface area contributed by atoms with E-state index in [-0.39, 0.29) is 25.4 Å². The second-order valence-corrected chi connectivity index (χ2v) is 7.09. The van der Waals surface area contributed by atoms with E-state index in [0.29, 0.717) is 11.3 Å². The first-order valence-electron chi connectivity index (χ1n) is 9.73. The third-order valence-electron chi connectivity index (χ3n) is 4.54. The molecule has 32 heavy (non-hydrogen) atoms. The summed E-state index contributed by atoms with van der Waals surface area (Å²) >= 11 is 0. The Balaban J connectivity index is 1.49. The number of aliphatic carboxylic acids is 1. The van der Waals surface area contributed by atoms with Crippen LogP contribution < -0.4 is 9.47 Å². The number of aliphatic hydroxyl groups is 1. The first kappa shape index (κ1) is 23.1. The molecule has 0 aromatic heterocycles. The van der Waals surface area contributed by atoms with Crippen LogP contribution in [0, 0.1) is 0 Å². The van der Waals surface area contributed by atoms with Crippen LogP contribution in [-0.4, -0.2) is 35.5 Å². The SMILES string of the molecule is O=C(O)Cc1cccc(-c2ccc(OCC(O)COc3ccc(C(F)(F)F)cc3)cc2)c1. The van der Waals surface area contributed by atoms with E-state index < -0.39 is 23.8 Å². The highest BCUT2D eigenvalue weighted by atomic mass is 19.4. The number of alkyl halides is 3. The summed E-state index contributed by atoms with van der Waals surface area (Å²) in [6, 6.07) is 18.5. The molecule has 2 N–H and O–H groups in total. The third kappa shape index (κ3) is 6.75. The molecule has 0 saturated heterocycles. The van der Waals surface area contributed by atoms with Crippen molar-refractivity contribution in [2.45, 2.75) is 18.7 Å². The van der Waals surface area contributed by atoms with Gasteiger partial charge in [-0.15, -0.1) is 0 Å². The Morgan fingerprint density at radius 3 is 1.94 bits per heavy atom. The van der Waals surface area contributed by atoms with Crippen LogP contribution in [0.3, 0.4) is 0 Å². The van der Waals surface area contributed by atoms with Gasteiger partial charge in [-0.1, -0.05) is 36.4 Å². The van der Waals surface area contributed by atoms with Gasteiger partial charge >= 0.3 is 12.1 Å². The van der Waals surface area contributed by atoms with Crippen LogP contribution in [0.2, 0.25) is 0 Å². The first-order chi connectivity index (χ1) is 15.2. The summed E-state index contributed by atoms with van der Waals surface area (Å²) in [4.78, 5) is 10.9. The molecule has 0 bridgehead atoms. The van der Waals surface area contributed by atoms with Gasteiger partial charge in [-0.05, 0) is 53.1 Å². The Hall–Kier alpha value is -3.52. The van der Waals surface area contributed by atoms with Gasteiger partial charge in [-0.3, -0.25) is 4.79 Å². The van der Waals surface area contributed by atoms with E-state index in [1.807, 2.05) is 24.3 Å². The van der Waals surface area contributed by atoms with Gasteiger partial charge in [0.15, 0.2) is 0 Å². The second-order valence-electron chi connectivity index (χ2n) is 7.09. The lowest BCUT2D eigenvalue weighted by molar-refractivity contribution is -0.138. The maximum Gasteiger partial charge on any atom is 0.416 e. The predicted molar refractivity (Wildman–Crippen MR) is 112 cm³/mol. The van der Waals surface area contributed by atoms with Crippen LogP contribution in [0.5, 0.6) is 11.5 Å². The molecule has 3 aromatic rings. The zero-order valence-electron chi connectivity index (χ0n) is 16.9. The van der Waals surface area contributed by atoms with Gasteiger partial charge in [0, 0.05) is 0 Å². The topological polar surface area (TPSA) is 76.0 Å². The minimum Gasteiger partial charge on any atom is -0.491 e. The molecule has 0 fully saturated rings. The molecule has 0 aliphatic heterocycles. The molecular weight excluding hydrogens is 425 g/mol. The maximum absolute atomic E-state index is 12.6. The molecule has 3 aromatic carbocycles. The number of carbonyl (C=O) groups is 1. The Kier molecular flexibility index (Phi) is 7.37. The highest BCUT2D eigenvalue weighted by Gasteiger charge is 2.30. The number of ether oxygens (including phenoxy) is 2. The van der Waals surface area contributed by atoms with Crippen molar-refractivity contribution in [2.75, 3.05) is 13.2 Å². The van der Waals surface area contributed by atoms with Crippen molar-refractivity contribution in [2.24, 2.45) is 0 Å². The normalized spacial score (nSPS) is 12.2. The van der Waals surface area contributed by atoms with Gasteiger partial charge in [-0.25, -0.2) is 0 Å². The summed E-state index contributed by atoms with van der Waals surface area (Å²) < 4.78 is 48.5. The van der Waals surface area contributed by atoms with Gasteiger partial charge < -0.3 is 19.7 Å². The molecule has 0 spiro atoms.